The summed E-state index contributed by atoms with van der Waals surface area (Å²) in [6.07, 6.45) is 3.74. The molecule has 0 amide bonds. The summed E-state index contributed by atoms with van der Waals surface area (Å²) in [4.78, 5) is 0. The average Bonchev–Trinajstić information content (AvgIpc) is 2.43. The first-order valence-electron chi connectivity index (χ1n) is 5.65. The van der Waals surface area contributed by atoms with E-state index in [1.54, 1.807) is 12.2 Å². The van der Waals surface area contributed by atoms with Crippen LogP contribution in [0.3, 0.4) is 0 Å². The number of hydrogen-bond donors (Lipinski definition) is 0. The lowest BCUT2D eigenvalue weighted by Crippen LogP contribution is -2.31. The Morgan fingerprint density at radius 2 is 1.63 bits per heavy atom. The number of halogens is 4. The number of hydrogen-bond acceptors (Lipinski definition) is 2. The minimum absolute atomic E-state index is 0.0984. The number of allylic oxidation sites excluding steroid dienone is 2. The molecule has 0 fully saturated rings. The van der Waals surface area contributed by atoms with Crippen molar-refractivity contribution in [3.63, 3.8) is 0 Å². The van der Waals surface area contributed by atoms with Crippen molar-refractivity contribution in [2.45, 2.75) is 23.5 Å². The van der Waals surface area contributed by atoms with Crippen molar-refractivity contribution in [3.8, 4) is 5.40 Å². The maximum Gasteiger partial charge on any atom is 0.197 e. The molecule has 0 N–H and O–H groups in total. The van der Waals surface area contributed by atoms with Crippen LogP contribution in [0.1, 0.15) is 29.4 Å². The third kappa shape index (κ3) is 1.61. The molecule has 19 heavy (non-hydrogen) atoms. The molecule has 98 valence electrons. The molecule has 3 atom stereocenters. The van der Waals surface area contributed by atoms with Gasteiger partial charge < -0.3 is 0 Å². The van der Waals surface area contributed by atoms with Gasteiger partial charge in [-0.2, -0.15) is 5.26 Å². The molecule has 1 aromatic carbocycles. The Balaban J connectivity index is 2.24. The average molecular weight is 285 g/mol. The van der Waals surface area contributed by atoms with Gasteiger partial charge in [0.2, 0.25) is 0 Å². The topological polar surface area (TPSA) is 23.8 Å². The van der Waals surface area contributed by atoms with E-state index in [0.717, 1.165) is 11.8 Å². The largest absolute Gasteiger partial charge is 0.203 e. The Hall–Kier alpha value is -1.48. The van der Waals surface area contributed by atoms with Crippen molar-refractivity contribution >= 4 is 11.8 Å². The first-order chi connectivity index (χ1) is 9.06. The fourth-order valence-electron chi connectivity index (χ4n) is 2.89. The van der Waals surface area contributed by atoms with Crippen LogP contribution in [0.5, 0.6) is 0 Å². The summed E-state index contributed by atoms with van der Waals surface area (Å²) >= 11 is 0.953. The van der Waals surface area contributed by atoms with Crippen LogP contribution in [0, 0.1) is 33.9 Å². The first-order valence-corrected chi connectivity index (χ1v) is 6.53. The Kier molecular flexibility index (Phi) is 2.82. The molecular weight excluding hydrogens is 278 g/mol. The summed E-state index contributed by atoms with van der Waals surface area (Å²) in [5, 5.41) is 10.4. The van der Waals surface area contributed by atoms with Gasteiger partial charge in [0.1, 0.15) is 5.40 Å². The maximum atomic E-state index is 13.9. The summed E-state index contributed by atoms with van der Waals surface area (Å²) in [5.41, 5.74) is -0.235. The Bertz CT molecular complexity index is 635. The highest BCUT2D eigenvalue weighted by Gasteiger charge is 2.43. The molecule has 0 saturated heterocycles. The minimum Gasteiger partial charge on any atom is -0.203 e. The predicted octanol–water partition coefficient (Wildman–Crippen LogP) is 3.97. The number of nitriles is 1. The fraction of sp³-hybridized carbons (Fsp3) is 0.308. The van der Waals surface area contributed by atoms with Crippen LogP contribution >= 0.6 is 11.8 Å². The number of thiocyanates is 1. The lowest BCUT2D eigenvalue weighted by atomic mass is 9.70. The molecule has 1 nitrogen and oxygen atoms in total. The molecule has 0 heterocycles. The number of rotatable bonds is 1. The normalized spacial score (nSPS) is 27.2. The Labute approximate surface area is 110 Å². The van der Waals surface area contributed by atoms with Gasteiger partial charge in [-0.15, -0.1) is 0 Å². The molecule has 0 aromatic heterocycles. The molecule has 6 heteroatoms. The zero-order chi connectivity index (χ0) is 13.7. The van der Waals surface area contributed by atoms with E-state index in [2.05, 4.69) is 0 Å². The summed E-state index contributed by atoms with van der Waals surface area (Å²) in [5.74, 6) is -7.28. The molecule has 0 unspecified atom stereocenters. The predicted molar refractivity (Wildman–Crippen MR) is 62.5 cm³/mol. The number of thioether (sulfide) groups is 1. The quantitative estimate of drug-likeness (QED) is 0.256. The van der Waals surface area contributed by atoms with Crippen LogP contribution in [0.25, 0.3) is 0 Å². The lowest BCUT2D eigenvalue weighted by molar-refractivity contribution is 0.380. The maximum absolute atomic E-state index is 13.9. The molecule has 1 aromatic rings. The molecule has 0 radical (unpaired) electrons. The summed E-state index contributed by atoms with van der Waals surface area (Å²) in [7, 11) is 0. The molecule has 3 aliphatic rings. The second-order valence-electron chi connectivity index (χ2n) is 4.58. The summed E-state index contributed by atoms with van der Waals surface area (Å²) in [6, 6.07) is 0. The lowest BCUT2D eigenvalue weighted by Gasteiger charge is -2.38. The van der Waals surface area contributed by atoms with E-state index >= 15 is 0 Å². The Morgan fingerprint density at radius 1 is 1.00 bits per heavy atom. The minimum atomic E-state index is -1.78. The third-order valence-corrected chi connectivity index (χ3v) is 4.58. The highest BCUT2D eigenvalue weighted by atomic mass is 32.2. The van der Waals surface area contributed by atoms with Gasteiger partial charge in [0, 0.05) is 28.2 Å². The van der Waals surface area contributed by atoms with E-state index in [-0.39, 0.29) is 16.4 Å². The molecule has 0 aliphatic heterocycles. The zero-order valence-electron chi connectivity index (χ0n) is 9.46. The monoisotopic (exact) mass is 285 g/mol. The molecule has 4 rings (SSSR count). The molecular formula is C13H7F4NS. The fourth-order valence-corrected chi connectivity index (χ4v) is 3.70. The van der Waals surface area contributed by atoms with Gasteiger partial charge in [0.05, 0.1) is 0 Å². The van der Waals surface area contributed by atoms with Crippen LogP contribution in [0.15, 0.2) is 12.2 Å². The van der Waals surface area contributed by atoms with Gasteiger partial charge in [0.25, 0.3) is 0 Å². The summed E-state index contributed by atoms with van der Waals surface area (Å²) in [6.45, 7) is 0. The highest BCUT2D eigenvalue weighted by Crippen LogP contribution is 2.51. The van der Waals surface area contributed by atoms with Gasteiger partial charge in [-0.05, 0) is 18.2 Å². The third-order valence-electron chi connectivity index (χ3n) is 3.69. The number of fused-ring (bicyclic) bond motifs is 1. The van der Waals surface area contributed by atoms with E-state index in [4.69, 9.17) is 5.26 Å². The standard InChI is InChI=1S/C13H7F4NS/c14-10-8-5-1-2-6(7(3-5)19-4-18)9(8)11(15)13(17)12(10)16/h1-2,5-7H,3H2/t5-,6+,7-/m1/s1. The smallest absolute Gasteiger partial charge is 0.197 e. The van der Waals surface area contributed by atoms with Gasteiger partial charge in [0.15, 0.2) is 23.3 Å². The highest BCUT2D eigenvalue weighted by molar-refractivity contribution is 8.04. The van der Waals surface area contributed by atoms with E-state index < -0.39 is 35.1 Å². The molecule has 3 aliphatic carbocycles. The van der Waals surface area contributed by atoms with Crippen LogP contribution in [-0.4, -0.2) is 5.25 Å². The van der Waals surface area contributed by atoms with Crippen molar-refractivity contribution in [3.05, 3.63) is 46.5 Å². The summed E-state index contributed by atoms with van der Waals surface area (Å²) < 4.78 is 54.3. The van der Waals surface area contributed by atoms with E-state index in [1.807, 2.05) is 5.40 Å². The van der Waals surface area contributed by atoms with E-state index in [9.17, 15) is 17.6 Å². The second-order valence-corrected chi connectivity index (χ2v) is 5.61. The zero-order valence-corrected chi connectivity index (χ0v) is 10.3. The van der Waals surface area contributed by atoms with Crippen molar-refractivity contribution in [2.24, 2.45) is 0 Å². The Morgan fingerprint density at radius 3 is 2.26 bits per heavy atom. The first kappa shape index (κ1) is 12.5. The van der Waals surface area contributed by atoms with Crippen LogP contribution in [0.2, 0.25) is 0 Å². The van der Waals surface area contributed by atoms with Gasteiger partial charge >= 0.3 is 0 Å². The van der Waals surface area contributed by atoms with Crippen LogP contribution < -0.4 is 0 Å². The van der Waals surface area contributed by atoms with Gasteiger partial charge in [-0.3, -0.25) is 0 Å². The van der Waals surface area contributed by atoms with Crippen molar-refractivity contribution in [1.29, 1.82) is 5.26 Å². The molecule has 2 bridgehead atoms. The van der Waals surface area contributed by atoms with Crippen molar-refractivity contribution in [1.82, 2.24) is 0 Å². The van der Waals surface area contributed by atoms with E-state index in [0.29, 0.717) is 6.42 Å². The van der Waals surface area contributed by atoms with Gasteiger partial charge in [-0.25, -0.2) is 17.6 Å². The number of benzene rings is 1. The van der Waals surface area contributed by atoms with Crippen LogP contribution in [0.4, 0.5) is 17.6 Å². The molecule has 0 spiro atoms. The van der Waals surface area contributed by atoms with Crippen molar-refractivity contribution in [2.75, 3.05) is 0 Å². The van der Waals surface area contributed by atoms with Crippen LogP contribution in [-0.2, 0) is 0 Å². The second kappa shape index (κ2) is 4.27. The molecule has 0 saturated carbocycles. The SMILES string of the molecule is N#CS[C@@H]1C[C@H]2C=C[C@@H]1c1c(F)c(F)c(F)c(F)c12. The number of nitrogens with zero attached hydrogens (tertiary/aromatic N) is 1. The van der Waals surface area contributed by atoms with Crippen molar-refractivity contribution < 1.29 is 17.6 Å². The van der Waals surface area contributed by atoms with E-state index in [1.165, 1.54) is 0 Å². The van der Waals surface area contributed by atoms with Gasteiger partial charge in [-0.1, -0.05) is 12.2 Å².